The van der Waals surface area contributed by atoms with Gasteiger partial charge in [-0.15, -0.1) is 11.3 Å². The maximum absolute atomic E-state index is 12.4. The largest absolute Gasteiger partial charge is 0.353 e. The van der Waals surface area contributed by atoms with Gasteiger partial charge < -0.3 is 20.4 Å². The second-order valence-corrected chi connectivity index (χ2v) is 11.3. The summed E-state index contributed by atoms with van der Waals surface area (Å²) in [5, 5.41) is 7.73. The van der Waals surface area contributed by atoms with Crippen LogP contribution in [0.3, 0.4) is 0 Å². The van der Waals surface area contributed by atoms with Crippen molar-refractivity contribution in [2.24, 2.45) is 4.99 Å². The van der Waals surface area contributed by atoms with Gasteiger partial charge in [0.05, 0.1) is 16.9 Å². The van der Waals surface area contributed by atoms with Crippen molar-refractivity contribution < 1.29 is 14.4 Å². The number of rotatable bonds is 8. The summed E-state index contributed by atoms with van der Waals surface area (Å²) < 4.78 is 0. The second kappa shape index (κ2) is 11.5. The molecular weight excluding hydrogens is 500 g/mol. The van der Waals surface area contributed by atoms with E-state index < -0.39 is 0 Å². The highest BCUT2D eigenvalue weighted by atomic mass is 32.1. The van der Waals surface area contributed by atoms with Crippen molar-refractivity contribution in [2.75, 3.05) is 45.1 Å². The van der Waals surface area contributed by atoms with Gasteiger partial charge in [0.15, 0.2) is 0 Å². The first-order valence-electron chi connectivity index (χ1n) is 13.2. The highest BCUT2D eigenvalue weighted by molar-refractivity contribution is 7.16. The van der Waals surface area contributed by atoms with Gasteiger partial charge in [-0.25, -0.2) is 4.99 Å². The number of imide groups is 1. The molecule has 9 nitrogen and oxygen atoms in total. The number of likely N-dealkylation sites (N-methyl/N-ethyl adjacent to an activating group) is 1. The van der Waals surface area contributed by atoms with Crippen molar-refractivity contribution in [3.63, 3.8) is 0 Å². The molecule has 3 aliphatic heterocycles. The van der Waals surface area contributed by atoms with Crippen molar-refractivity contribution in [3.8, 4) is 0 Å². The lowest BCUT2D eigenvalue weighted by molar-refractivity contribution is -0.137. The van der Waals surface area contributed by atoms with Crippen LogP contribution in [0.15, 0.2) is 41.4 Å². The van der Waals surface area contributed by atoms with Crippen LogP contribution in [-0.4, -0.2) is 78.0 Å². The number of thiophene rings is 1. The molecule has 3 amide bonds. The van der Waals surface area contributed by atoms with E-state index in [-0.39, 0.29) is 17.7 Å². The van der Waals surface area contributed by atoms with Crippen molar-refractivity contribution in [2.45, 2.75) is 39.2 Å². The predicted molar refractivity (Wildman–Crippen MR) is 150 cm³/mol. The van der Waals surface area contributed by atoms with Crippen molar-refractivity contribution in [1.29, 1.82) is 0 Å². The van der Waals surface area contributed by atoms with Gasteiger partial charge in [-0.2, -0.15) is 0 Å². The summed E-state index contributed by atoms with van der Waals surface area (Å²) >= 11 is 1.75. The molecule has 5 rings (SSSR count). The van der Waals surface area contributed by atoms with Crippen molar-refractivity contribution >= 4 is 51.3 Å². The lowest BCUT2D eigenvalue weighted by atomic mass is 10.1. The number of hydrogen-bond donors (Lipinski definition) is 2. The summed E-state index contributed by atoms with van der Waals surface area (Å²) in [5.74, 6) is 0.495. The third-order valence-corrected chi connectivity index (χ3v) is 8.08. The normalized spacial score (nSPS) is 17.2. The van der Waals surface area contributed by atoms with E-state index >= 15 is 0 Å². The molecule has 4 heterocycles. The van der Waals surface area contributed by atoms with E-state index in [0.29, 0.717) is 32.4 Å². The Labute approximate surface area is 227 Å². The summed E-state index contributed by atoms with van der Waals surface area (Å²) in [6, 6.07) is 8.34. The molecule has 38 heavy (non-hydrogen) atoms. The van der Waals surface area contributed by atoms with Crippen LogP contribution >= 0.6 is 11.3 Å². The van der Waals surface area contributed by atoms with Crippen LogP contribution in [0.25, 0.3) is 0 Å². The highest BCUT2D eigenvalue weighted by Gasteiger charge is 2.26. The first-order chi connectivity index (χ1) is 18.4. The molecule has 0 unspecified atom stereocenters. The van der Waals surface area contributed by atoms with Crippen LogP contribution in [0, 0.1) is 6.92 Å². The van der Waals surface area contributed by atoms with Crippen LogP contribution in [0.4, 0.5) is 16.4 Å². The van der Waals surface area contributed by atoms with Crippen LogP contribution in [0.1, 0.15) is 41.7 Å². The molecule has 1 saturated heterocycles. The first-order valence-corrected chi connectivity index (χ1v) is 14.0. The Morgan fingerprint density at radius 1 is 1.05 bits per heavy atom. The zero-order chi connectivity index (χ0) is 26.6. The minimum Gasteiger partial charge on any atom is -0.353 e. The minimum absolute atomic E-state index is 0.00709. The van der Waals surface area contributed by atoms with E-state index in [1.807, 2.05) is 12.1 Å². The summed E-state index contributed by atoms with van der Waals surface area (Å²) in [5.41, 5.74) is 4.00. The number of nitrogens with zero attached hydrogens (tertiary/aromatic N) is 4. The number of piperazine rings is 1. The fourth-order valence-electron chi connectivity index (χ4n) is 4.89. The van der Waals surface area contributed by atoms with Crippen molar-refractivity contribution in [3.05, 3.63) is 52.4 Å². The molecule has 0 radical (unpaired) electrons. The highest BCUT2D eigenvalue weighted by Crippen LogP contribution is 2.39. The SMILES string of the molecule is Cc1cc2c(s1)Nc1ccc(CNC(=O)CCCCCN3C(=O)C=CC3=O)cc1N=C2N1CCN(C)CC1. The molecule has 0 saturated carbocycles. The molecule has 2 N–H and O–H groups in total. The van der Waals surface area contributed by atoms with Crippen LogP contribution in [-0.2, 0) is 20.9 Å². The number of amidine groups is 1. The Kier molecular flexibility index (Phi) is 7.90. The Morgan fingerprint density at radius 3 is 2.58 bits per heavy atom. The number of unbranched alkanes of at least 4 members (excludes halogenated alkanes) is 2. The number of carbonyl (C=O) groups excluding carboxylic acids is 3. The van der Waals surface area contributed by atoms with Crippen molar-refractivity contribution in [1.82, 2.24) is 20.0 Å². The van der Waals surface area contributed by atoms with Gasteiger partial charge in [-0.05, 0) is 50.6 Å². The summed E-state index contributed by atoms with van der Waals surface area (Å²) in [6.07, 6.45) is 5.20. The summed E-state index contributed by atoms with van der Waals surface area (Å²) in [6.45, 7) is 6.87. The summed E-state index contributed by atoms with van der Waals surface area (Å²) in [7, 11) is 2.15. The molecule has 1 aromatic carbocycles. The van der Waals surface area contributed by atoms with Gasteiger partial charge in [0.1, 0.15) is 10.8 Å². The molecular formula is C28H34N6O3S. The molecule has 2 aromatic rings. The Hall–Kier alpha value is -3.50. The Balaban J connectivity index is 1.17. The molecule has 1 fully saturated rings. The number of aliphatic imine (C=N–C) groups is 1. The molecule has 0 bridgehead atoms. The van der Waals surface area contributed by atoms with Gasteiger partial charge in [-0.1, -0.05) is 12.5 Å². The third-order valence-electron chi connectivity index (χ3n) is 7.11. The van der Waals surface area contributed by atoms with Gasteiger partial charge in [-0.3, -0.25) is 19.3 Å². The fraction of sp³-hybridized carbons (Fsp3) is 0.429. The van der Waals surface area contributed by atoms with Crippen LogP contribution < -0.4 is 10.6 Å². The molecule has 0 spiro atoms. The van der Waals surface area contributed by atoms with E-state index in [0.717, 1.165) is 65.9 Å². The lowest BCUT2D eigenvalue weighted by Gasteiger charge is -2.34. The monoisotopic (exact) mass is 534 g/mol. The number of hydrogen-bond acceptors (Lipinski definition) is 8. The molecule has 3 aliphatic rings. The van der Waals surface area contributed by atoms with E-state index in [4.69, 9.17) is 4.99 Å². The predicted octanol–water partition coefficient (Wildman–Crippen LogP) is 3.54. The maximum atomic E-state index is 12.4. The fourth-order valence-corrected chi connectivity index (χ4v) is 5.81. The average molecular weight is 535 g/mol. The Bertz CT molecular complexity index is 1270. The quantitative estimate of drug-likeness (QED) is 0.397. The van der Waals surface area contributed by atoms with Gasteiger partial charge in [0.25, 0.3) is 11.8 Å². The zero-order valence-corrected chi connectivity index (χ0v) is 22.8. The standard InChI is InChI=1S/C28H34N6O3S/c1-19-16-21-27(33-14-12-32(2)13-15-33)30-23-17-20(7-8-22(23)31-28(21)38-19)18-29-24(35)6-4-3-5-11-34-25(36)9-10-26(34)37/h7-10,16-17,31H,3-6,11-15,18H2,1-2H3,(H,29,35). The van der Waals surface area contributed by atoms with Gasteiger partial charge >= 0.3 is 0 Å². The number of benzene rings is 1. The molecule has 0 aliphatic carbocycles. The van der Waals surface area contributed by atoms with E-state index in [1.54, 1.807) is 11.3 Å². The first kappa shape index (κ1) is 26.1. The molecule has 0 atom stereocenters. The maximum Gasteiger partial charge on any atom is 0.253 e. The smallest absolute Gasteiger partial charge is 0.253 e. The number of amides is 3. The second-order valence-electron chi connectivity index (χ2n) is 10.1. The molecule has 10 heteroatoms. The number of aryl methyl sites for hydroxylation is 1. The van der Waals surface area contributed by atoms with Crippen LogP contribution in [0.2, 0.25) is 0 Å². The average Bonchev–Trinajstić information content (AvgIpc) is 3.38. The zero-order valence-electron chi connectivity index (χ0n) is 22.0. The Morgan fingerprint density at radius 2 is 1.82 bits per heavy atom. The van der Waals surface area contributed by atoms with E-state index in [2.05, 4.69) is 46.5 Å². The number of fused-ring (bicyclic) bond motifs is 2. The molecule has 1 aromatic heterocycles. The minimum atomic E-state index is -0.255. The third kappa shape index (κ3) is 5.97. The van der Waals surface area contributed by atoms with E-state index in [9.17, 15) is 14.4 Å². The van der Waals surface area contributed by atoms with E-state index in [1.165, 1.54) is 21.9 Å². The number of carbonyl (C=O) groups is 3. The molecule has 200 valence electrons. The summed E-state index contributed by atoms with van der Waals surface area (Å²) in [4.78, 5) is 48.0. The topological polar surface area (TPSA) is 97.3 Å². The van der Waals surface area contributed by atoms with Gasteiger partial charge in [0, 0.05) is 62.7 Å². The number of anilines is 2. The van der Waals surface area contributed by atoms with Gasteiger partial charge in [0.2, 0.25) is 5.91 Å². The van der Waals surface area contributed by atoms with Crippen LogP contribution in [0.5, 0.6) is 0 Å². The number of nitrogens with one attached hydrogen (secondary N) is 2. The lowest BCUT2D eigenvalue weighted by Crippen LogP contribution is -2.47.